The molecule has 5 rings (SSSR count). The molecule has 0 unspecified atom stereocenters. The van der Waals surface area contributed by atoms with E-state index in [1.165, 1.54) is 29.6 Å². The molecule has 0 radical (unpaired) electrons. The summed E-state index contributed by atoms with van der Waals surface area (Å²) in [5.74, 6) is -3.48. The normalized spacial score (nSPS) is 13.4. The number of aliphatic hydroxyl groups is 1. The zero-order valence-corrected chi connectivity index (χ0v) is 27.0. The lowest BCUT2D eigenvalue weighted by Gasteiger charge is -2.18. The van der Waals surface area contributed by atoms with Crippen LogP contribution in [0.5, 0.6) is 0 Å². The number of ether oxygens (including phenoxy) is 1. The number of thiol groups is 1. The quantitative estimate of drug-likeness (QED) is 0.0412. The lowest BCUT2D eigenvalue weighted by atomic mass is 9.97. The number of allylic oxidation sites excluding steroid dienone is 1. The van der Waals surface area contributed by atoms with Gasteiger partial charge in [-0.25, -0.2) is 17.6 Å². The number of carboxylic acids is 1. The highest BCUT2D eigenvalue weighted by Gasteiger charge is 2.30. The Hall–Kier alpha value is -4.85. The lowest BCUT2D eigenvalue weighted by Crippen LogP contribution is -2.26. The first-order valence-electron chi connectivity index (χ1n) is 15.4. The van der Waals surface area contributed by atoms with Gasteiger partial charge in [0.05, 0.1) is 12.2 Å². The van der Waals surface area contributed by atoms with E-state index < -0.39 is 34.2 Å². The van der Waals surface area contributed by atoms with Crippen LogP contribution in [0.25, 0.3) is 22.3 Å². The maximum absolute atomic E-state index is 13.6. The second-order valence-electron chi connectivity index (χ2n) is 11.5. The molecule has 4 aromatic rings. The molecule has 0 saturated heterocycles. The fourth-order valence-electron chi connectivity index (χ4n) is 5.48. The van der Waals surface area contributed by atoms with Crippen molar-refractivity contribution in [1.29, 1.82) is 0 Å². The lowest BCUT2D eigenvalue weighted by molar-refractivity contribution is -0.135. The van der Waals surface area contributed by atoms with Crippen molar-refractivity contribution < 1.29 is 46.6 Å². The summed E-state index contributed by atoms with van der Waals surface area (Å²) in [5.41, 5.74) is 4.08. The van der Waals surface area contributed by atoms with Gasteiger partial charge in [0.2, 0.25) is 16.6 Å². The van der Waals surface area contributed by atoms with Crippen LogP contribution in [0.3, 0.4) is 0 Å². The topological polar surface area (TPSA) is 163 Å². The van der Waals surface area contributed by atoms with E-state index >= 15 is 0 Å². The van der Waals surface area contributed by atoms with E-state index in [1.807, 2.05) is 12.1 Å². The van der Waals surface area contributed by atoms with Crippen molar-refractivity contribution >= 4 is 39.5 Å². The predicted molar refractivity (Wildman–Crippen MR) is 176 cm³/mol. The summed E-state index contributed by atoms with van der Waals surface area (Å²) >= 11 is 0. The summed E-state index contributed by atoms with van der Waals surface area (Å²) in [7, 11) is -1.42. The number of aliphatic hydroxyl groups excluding tert-OH is 1. The number of carboxylic acid groups (broad SMARTS) is 1. The minimum absolute atomic E-state index is 0.0957. The minimum atomic E-state index is -2.94. The third kappa shape index (κ3) is 8.35. The van der Waals surface area contributed by atoms with Crippen LogP contribution in [0.15, 0.2) is 76.9 Å². The average Bonchev–Trinajstić information content (AvgIpc) is 3.85. The Kier molecular flexibility index (Phi) is 11.0. The maximum Gasteiger partial charge on any atom is 0.371 e. The molecule has 3 N–H and O–H groups in total. The van der Waals surface area contributed by atoms with Crippen LogP contribution in [-0.4, -0.2) is 67.4 Å². The van der Waals surface area contributed by atoms with Gasteiger partial charge in [0.1, 0.15) is 17.2 Å². The Morgan fingerprint density at radius 3 is 2.48 bits per heavy atom. The van der Waals surface area contributed by atoms with Crippen LogP contribution in [0.2, 0.25) is 0 Å². The van der Waals surface area contributed by atoms with Crippen molar-refractivity contribution in [3.05, 3.63) is 106 Å². The van der Waals surface area contributed by atoms with Crippen molar-refractivity contribution in [3.8, 4) is 11.3 Å². The van der Waals surface area contributed by atoms with E-state index in [0.29, 0.717) is 53.4 Å². The number of hydrogen-bond acceptors (Lipinski definition) is 8. The van der Waals surface area contributed by atoms with E-state index in [4.69, 9.17) is 14.3 Å². The molecule has 1 fully saturated rings. The number of amides is 1. The molecule has 0 bridgehead atoms. The molecule has 13 heteroatoms. The molecule has 0 aliphatic heterocycles. The SMILES string of the molecule is CNC(=O)c1c(-c2ccc(F)cc2)oc2cc(CN(CCOCCCc3cccc(C(=O)C=C(O)C(=O)O)c3)[SH](=O)=O)c(C3CC3)cc12. The maximum atomic E-state index is 13.6. The number of carbonyl (C=O) groups excluding carboxylic acids is 2. The smallest absolute Gasteiger partial charge is 0.371 e. The highest BCUT2D eigenvalue weighted by Crippen LogP contribution is 2.45. The molecule has 3 aromatic carbocycles. The van der Waals surface area contributed by atoms with E-state index in [-0.39, 0.29) is 37.1 Å². The van der Waals surface area contributed by atoms with E-state index in [1.54, 1.807) is 30.3 Å². The molecule has 11 nitrogen and oxygen atoms in total. The van der Waals surface area contributed by atoms with Crippen LogP contribution in [0, 0.1) is 5.82 Å². The first-order chi connectivity index (χ1) is 23.0. The van der Waals surface area contributed by atoms with Crippen LogP contribution in [-0.2, 0) is 33.4 Å². The monoisotopic (exact) mass is 678 g/mol. The zero-order valence-electron chi connectivity index (χ0n) is 26.1. The largest absolute Gasteiger partial charge is 0.502 e. The number of aliphatic carboxylic acids is 1. The summed E-state index contributed by atoms with van der Waals surface area (Å²) in [6.07, 6.45) is 3.69. The van der Waals surface area contributed by atoms with Crippen molar-refractivity contribution in [2.45, 2.75) is 38.1 Å². The Labute approximate surface area is 277 Å². The Morgan fingerprint density at radius 1 is 1.06 bits per heavy atom. The van der Waals surface area contributed by atoms with Gasteiger partial charge in [0.15, 0.2) is 5.78 Å². The van der Waals surface area contributed by atoms with Gasteiger partial charge in [-0.15, -0.1) is 0 Å². The average molecular weight is 679 g/mol. The number of hydrogen-bond donors (Lipinski definition) is 4. The molecule has 1 saturated carbocycles. The van der Waals surface area contributed by atoms with Gasteiger partial charge >= 0.3 is 5.97 Å². The third-order valence-corrected chi connectivity index (χ3v) is 8.86. The molecule has 1 aliphatic rings. The van der Waals surface area contributed by atoms with Gasteiger partial charge in [-0.05, 0) is 90.8 Å². The van der Waals surface area contributed by atoms with Gasteiger partial charge in [-0.2, -0.15) is 4.31 Å². The number of benzene rings is 3. The summed E-state index contributed by atoms with van der Waals surface area (Å²) < 4.78 is 51.4. The van der Waals surface area contributed by atoms with Gasteiger partial charge < -0.3 is 24.7 Å². The zero-order chi connectivity index (χ0) is 34.4. The van der Waals surface area contributed by atoms with Crippen molar-refractivity contribution in [1.82, 2.24) is 9.62 Å². The van der Waals surface area contributed by atoms with Crippen LogP contribution in [0.1, 0.15) is 62.6 Å². The molecule has 252 valence electrons. The summed E-state index contributed by atoms with van der Waals surface area (Å²) in [4.78, 5) is 36.0. The summed E-state index contributed by atoms with van der Waals surface area (Å²) in [6.45, 7) is 0.699. The number of rotatable bonds is 16. The van der Waals surface area contributed by atoms with Crippen LogP contribution >= 0.6 is 0 Å². The summed E-state index contributed by atoms with van der Waals surface area (Å²) in [6, 6.07) is 16.0. The second kappa shape index (κ2) is 15.4. The van der Waals surface area contributed by atoms with E-state index in [2.05, 4.69) is 5.32 Å². The molecular weight excluding hydrogens is 643 g/mol. The highest BCUT2D eigenvalue weighted by atomic mass is 32.2. The van der Waals surface area contributed by atoms with Gasteiger partial charge in [-0.1, -0.05) is 18.2 Å². The standard InChI is InChI=1S/C35H35FN2O9S/c1-37-34(41)32-28-18-27(22-7-8-22)25(17-31(28)47-33(32)23-9-11-26(36)12-10-23)20-38(48(44)45)13-15-46-14-3-5-21-4-2-6-24(16-21)29(39)19-30(40)35(42)43/h2,4,6,9-12,16-19,22,40,48H,3,5,7-8,13-15,20H2,1H3,(H,37,41)(H,42,43). The van der Waals surface area contributed by atoms with Crippen molar-refractivity contribution in [2.24, 2.45) is 0 Å². The summed E-state index contributed by atoms with van der Waals surface area (Å²) in [5, 5.41) is 21.3. The van der Waals surface area contributed by atoms with Gasteiger partial charge in [-0.3, -0.25) is 9.59 Å². The molecule has 1 amide bonds. The number of halogens is 1. The first-order valence-corrected chi connectivity index (χ1v) is 16.5. The fraction of sp³-hybridized carbons (Fsp3) is 0.286. The Morgan fingerprint density at radius 2 is 1.81 bits per heavy atom. The molecule has 48 heavy (non-hydrogen) atoms. The number of aryl methyl sites for hydroxylation is 1. The molecule has 1 heterocycles. The van der Waals surface area contributed by atoms with Gasteiger partial charge in [0, 0.05) is 49.3 Å². The van der Waals surface area contributed by atoms with E-state index in [9.17, 15) is 32.3 Å². The van der Waals surface area contributed by atoms with Crippen LogP contribution in [0.4, 0.5) is 4.39 Å². The molecule has 1 aliphatic carbocycles. The molecule has 0 atom stereocenters. The first kappa shape index (κ1) is 34.5. The number of carbonyl (C=O) groups is 3. The van der Waals surface area contributed by atoms with E-state index in [0.717, 1.165) is 29.5 Å². The predicted octanol–water partition coefficient (Wildman–Crippen LogP) is 5.16. The third-order valence-electron chi connectivity index (χ3n) is 8.06. The van der Waals surface area contributed by atoms with Crippen LogP contribution < -0.4 is 5.32 Å². The Balaban J connectivity index is 1.24. The molecule has 0 spiro atoms. The number of nitrogens with one attached hydrogen (secondary N) is 1. The number of furan rings is 1. The second-order valence-corrected chi connectivity index (χ2v) is 12.5. The highest BCUT2D eigenvalue weighted by molar-refractivity contribution is 7.69. The van der Waals surface area contributed by atoms with Crippen molar-refractivity contribution in [3.63, 3.8) is 0 Å². The minimum Gasteiger partial charge on any atom is -0.502 e. The number of fused-ring (bicyclic) bond motifs is 1. The number of nitrogens with zero attached hydrogens (tertiary/aromatic N) is 1. The molecule has 1 aromatic heterocycles. The molecular formula is C35H35FN2O9S. The Bertz CT molecular complexity index is 1940. The van der Waals surface area contributed by atoms with Crippen molar-refractivity contribution in [2.75, 3.05) is 26.8 Å². The van der Waals surface area contributed by atoms with Gasteiger partial charge in [0.25, 0.3) is 5.91 Å². The number of ketones is 1. The fourth-order valence-corrected chi connectivity index (χ4v) is 6.00.